The Labute approximate surface area is 119 Å². The molecule has 102 valence electrons. The van der Waals surface area contributed by atoms with Gasteiger partial charge in [-0.1, -0.05) is 6.07 Å². The SMILES string of the molecule is Cc1ccc2c(c1)nc(CCl)n2CC1CCN(C)C1. The van der Waals surface area contributed by atoms with Gasteiger partial charge in [-0.25, -0.2) is 4.98 Å². The Bertz CT molecular complexity index is 590. The van der Waals surface area contributed by atoms with Crippen LogP contribution in [0, 0.1) is 12.8 Å². The molecular weight excluding hydrogens is 258 g/mol. The van der Waals surface area contributed by atoms with Gasteiger partial charge in [0.05, 0.1) is 16.9 Å². The summed E-state index contributed by atoms with van der Waals surface area (Å²) in [7, 11) is 2.19. The number of fused-ring (bicyclic) bond motifs is 1. The third-order valence-corrected chi connectivity index (χ3v) is 4.27. The highest BCUT2D eigenvalue weighted by Gasteiger charge is 2.21. The third kappa shape index (κ3) is 2.49. The largest absolute Gasteiger partial charge is 0.327 e. The fraction of sp³-hybridized carbons (Fsp3) is 0.533. The number of imidazole rings is 1. The van der Waals surface area contributed by atoms with Crippen LogP contribution in [-0.4, -0.2) is 34.6 Å². The number of hydrogen-bond donors (Lipinski definition) is 0. The number of hydrogen-bond acceptors (Lipinski definition) is 2. The number of aryl methyl sites for hydroxylation is 1. The minimum absolute atomic E-state index is 0.482. The number of rotatable bonds is 3. The van der Waals surface area contributed by atoms with Crippen molar-refractivity contribution in [3.05, 3.63) is 29.6 Å². The van der Waals surface area contributed by atoms with E-state index in [4.69, 9.17) is 11.6 Å². The van der Waals surface area contributed by atoms with Gasteiger partial charge in [0.15, 0.2) is 0 Å². The summed E-state index contributed by atoms with van der Waals surface area (Å²) in [4.78, 5) is 7.07. The van der Waals surface area contributed by atoms with Crippen LogP contribution < -0.4 is 0 Å². The zero-order valence-corrected chi connectivity index (χ0v) is 12.3. The summed E-state index contributed by atoms with van der Waals surface area (Å²) in [5.41, 5.74) is 3.54. The van der Waals surface area contributed by atoms with Gasteiger partial charge >= 0.3 is 0 Å². The number of alkyl halides is 1. The lowest BCUT2D eigenvalue weighted by Crippen LogP contribution is -2.18. The highest BCUT2D eigenvalue weighted by atomic mass is 35.5. The van der Waals surface area contributed by atoms with Crippen molar-refractivity contribution in [1.82, 2.24) is 14.5 Å². The molecule has 4 heteroatoms. The molecule has 1 fully saturated rings. The predicted molar refractivity (Wildman–Crippen MR) is 79.6 cm³/mol. The predicted octanol–water partition coefficient (Wildman–Crippen LogP) is 3.04. The second-order valence-corrected chi connectivity index (χ2v) is 5.95. The van der Waals surface area contributed by atoms with Gasteiger partial charge in [-0.15, -0.1) is 11.6 Å². The summed E-state index contributed by atoms with van der Waals surface area (Å²) in [5, 5.41) is 0. The second kappa shape index (κ2) is 5.14. The first-order valence-electron chi connectivity index (χ1n) is 6.87. The molecule has 3 rings (SSSR count). The van der Waals surface area contributed by atoms with Crippen LogP contribution in [0.25, 0.3) is 11.0 Å². The molecule has 1 aliphatic heterocycles. The molecule has 1 atom stereocenters. The molecule has 1 unspecified atom stereocenters. The van der Waals surface area contributed by atoms with Crippen LogP contribution in [0.15, 0.2) is 18.2 Å². The molecule has 19 heavy (non-hydrogen) atoms. The van der Waals surface area contributed by atoms with E-state index in [9.17, 15) is 0 Å². The van der Waals surface area contributed by atoms with Gasteiger partial charge < -0.3 is 9.47 Å². The van der Waals surface area contributed by atoms with Gasteiger partial charge in [0, 0.05) is 13.1 Å². The summed E-state index contributed by atoms with van der Waals surface area (Å²) in [6.07, 6.45) is 1.27. The maximum absolute atomic E-state index is 6.06. The van der Waals surface area contributed by atoms with Crippen molar-refractivity contribution >= 4 is 22.6 Å². The van der Waals surface area contributed by atoms with Crippen molar-refractivity contribution in [3.63, 3.8) is 0 Å². The number of aromatic nitrogens is 2. The van der Waals surface area contributed by atoms with E-state index in [1.807, 2.05) is 0 Å². The van der Waals surface area contributed by atoms with Crippen LogP contribution in [0.3, 0.4) is 0 Å². The maximum atomic E-state index is 6.06. The van der Waals surface area contributed by atoms with Crippen molar-refractivity contribution in [2.45, 2.75) is 25.8 Å². The molecule has 0 saturated carbocycles. The quantitative estimate of drug-likeness (QED) is 0.804. The summed E-state index contributed by atoms with van der Waals surface area (Å²) in [6, 6.07) is 6.47. The van der Waals surface area contributed by atoms with Crippen LogP contribution in [0.4, 0.5) is 0 Å². The van der Waals surface area contributed by atoms with Crippen molar-refractivity contribution in [1.29, 1.82) is 0 Å². The van der Waals surface area contributed by atoms with E-state index in [1.165, 1.54) is 30.6 Å². The fourth-order valence-electron chi connectivity index (χ4n) is 3.03. The first kappa shape index (κ1) is 12.9. The Kier molecular flexibility index (Phi) is 3.50. The lowest BCUT2D eigenvalue weighted by molar-refractivity contribution is 0.378. The number of benzene rings is 1. The number of nitrogens with zero attached hydrogens (tertiary/aromatic N) is 3. The topological polar surface area (TPSA) is 21.1 Å². The maximum Gasteiger partial charge on any atom is 0.124 e. The molecule has 1 saturated heterocycles. The molecule has 2 heterocycles. The van der Waals surface area contributed by atoms with Gasteiger partial charge in [-0.2, -0.15) is 0 Å². The van der Waals surface area contributed by atoms with Crippen LogP contribution in [0.5, 0.6) is 0 Å². The van der Waals surface area contributed by atoms with Crippen molar-refractivity contribution < 1.29 is 0 Å². The minimum atomic E-state index is 0.482. The third-order valence-electron chi connectivity index (χ3n) is 4.03. The molecular formula is C15H20ClN3. The zero-order chi connectivity index (χ0) is 13.4. The van der Waals surface area contributed by atoms with E-state index in [1.54, 1.807) is 0 Å². The normalized spacial score (nSPS) is 20.5. The Hall–Kier alpha value is -1.06. The molecule has 0 spiro atoms. The first-order valence-corrected chi connectivity index (χ1v) is 7.41. The second-order valence-electron chi connectivity index (χ2n) is 5.68. The van der Waals surface area contributed by atoms with Crippen molar-refractivity contribution in [3.8, 4) is 0 Å². The summed E-state index contributed by atoms with van der Waals surface area (Å²) in [6.45, 7) is 5.51. The van der Waals surface area contributed by atoms with E-state index in [0.717, 1.165) is 17.9 Å². The molecule has 0 radical (unpaired) electrons. The van der Waals surface area contributed by atoms with E-state index < -0.39 is 0 Å². The average molecular weight is 278 g/mol. The summed E-state index contributed by atoms with van der Waals surface area (Å²) in [5.74, 6) is 2.19. The van der Waals surface area contributed by atoms with Crippen LogP contribution in [0.1, 0.15) is 17.8 Å². The Morgan fingerprint density at radius 3 is 2.95 bits per heavy atom. The van der Waals surface area contributed by atoms with Crippen LogP contribution in [-0.2, 0) is 12.4 Å². The van der Waals surface area contributed by atoms with E-state index >= 15 is 0 Å². The first-order chi connectivity index (χ1) is 9.17. The molecule has 1 aliphatic rings. The molecule has 3 nitrogen and oxygen atoms in total. The molecule has 0 bridgehead atoms. The fourth-order valence-corrected chi connectivity index (χ4v) is 3.23. The number of likely N-dealkylation sites (tertiary alicyclic amines) is 1. The number of halogens is 1. The van der Waals surface area contributed by atoms with E-state index in [-0.39, 0.29) is 0 Å². The van der Waals surface area contributed by atoms with E-state index in [0.29, 0.717) is 11.8 Å². The smallest absolute Gasteiger partial charge is 0.124 e. The zero-order valence-electron chi connectivity index (χ0n) is 11.6. The van der Waals surface area contributed by atoms with Gasteiger partial charge in [-0.05, 0) is 50.6 Å². The average Bonchev–Trinajstić information content (AvgIpc) is 2.94. The van der Waals surface area contributed by atoms with Crippen LogP contribution >= 0.6 is 11.6 Å². The molecule has 0 N–H and O–H groups in total. The summed E-state index contributed by atoms with van der Waals surface area (Å²) >= 11 is 6.06. The van der Waals surface area contributed by atoms with Gasteiger partial charge in [0.25, 0.3) is 0 Å². The standard InChI is InChI=1S/C15H20ClN3/c1-11-3-4-14-13(7-11)17-15(8-16)19(14)10-12-5-6-18(2)9-12/h3-4,7,12H,5-6,8-10H2,1-2H3. The highest BCUT2D eigenvalue weighted by molar-refractivity contribution is 6.16. The monoisotopic (exact) mass is 277 g/mol. The molecule has 0 aliphatic carbocycles. The highest BCUT2D eigenvalue weighted by Crippen LogP contribution is 2.23. The van der Waals surface area contributed by atoms with Crippen molar-refractivity contribution in [2.75, 3.05) is 20.1 Å². The Balaban J connectivity index is 1.96. The molecule has 0 amide bonds. The molecule has 1 aromatic heterocycles. The van der Waals surface area contributed by atoms with Gasteiger partial charge in [0.1, 0.15) is 5.82 Å². The van der Waals surface area contributed by atoms with Gasteiger partial charge in [-0.3, -0.25) is 0 Å². The Morgan fingerprint density at radius 2 is 2.26 bits per heavy atom. The lowest BCUT2D eigenvalue weighted by atomic mass is 10.1. The Morgan fingerprint density at radius 1 is 1.42 bits per heavy atom. The molecule has 1 aromatic carbocycles. The minimum Gasteiger partial charge on any atom is -0.327 e. The van der Waals surface area contributed by atoms with E-state index in [2.05, 4.69) is 46.6 Å². The van der Waals surface area contributed by atoms with Crippen molar-refractivity contribution in [2.24, 2.45) is 5.92 Å². The van der Waals surface area contributed by atoms with Gasteiger partial charge in [0.2, 0.25) is 0 Å². The molecule has 2 aromatic rings. The summed E-state index contributed by atoms with van der Waals surface area (Å²) < 4.78 is 2.31. The lowest BCUT2D eigenvalue weighted by Gasteiger charge is -2.14. The van der Waals surface area contributed by atoms with Crippen LogP contribution in [0.2, 0.25) is 0 Å².